The van der Waals surface area contributed by atoms with E-state index in [9.17, 15) is 0 Å². The summed E-state index contributed by atoms with van der Waals surface area (Å²) in [6.07, 6.45) is 1.50. The molecule has 1 N–H and O–H groups in total. The van der Waals surface area contributed by atoms with Crippen LogP contribution in [0.2, 0.25) is 5.02 Å². The van der Waals surface area contributed by atoms with Crippen LogP contribution in [-0.4, -0.2) is 4.98 Å². The van der Waals surface area contributed by atoms with Crippen molar-refractivity contribution in [2.45, 2.75) is 6.54 Å². The van der Waals surface area contributed by atoms with Crippen LogP contribution < -0.4 is 5.32 Å². The topological polar surface area (TPSA) is 48.7 Å². The van der Waals surface area contributed by atoms with Gasteiger partial charge in [0.05, 0.1) is 10.6 Å². The lowest BCUT2D eigenvalue weighted by molar-refractivity contribution is 1.11. The second-order valence-corrected chi connectivity index (χ2v) is 3.91. The highest BCUT2D eigenvalue weighted by molar-refractivity contribution is 6.33. The summed E-state index contributed by atoms with van der Waals surface area (Å²) >= 11 is 6.00. The molecule has 1 heterocycles. The fourth-order valence-electron chi connectivity index (χ4n) is 1.41. The first-order valence-corrected chi connectivity index (χ1v) is 5.51. The van der Waals surface area contributed by atoms with Gasteiger partial charge in [0.2, 0.25) is 0 Å². The molecule has 1 aromatic heterocycles. The lowest BCUT2D eigenvalue weighted by atomic mass is 10.2. The van der Waals surface area contributed by atoms with Gasteiger partial charge in [0.25, 0.3) is 0 Å². The molecule has 4 heteroatoms. The Labute approximate surface area is 105 Å². The molecule has 0 radical (unpaired) electrons. The van der Waals surface area contributed by atoms with E-state index in [1.54, 1.807) is 6.07 Å². The lowest BCUT2D eigenvalue weighted by Gasteiger charge is -2.07. The summed E-state index contributed by atoms with van der Waals surface area (Å²) in [7, 11) is 0. The molecule has 0 bridgehead atoms. The molecule has 0 saturated heterocycles. The van der Waals surface area contributed by atoms with E-state index in [1.165, 1.54) is 6.20 Å². The standard InChI is InChI=1S/C13H10ClN3/c14-12-6-11(7-15)9-17-13(12)16-8-10-4-2-1-3-5-10/h1-6,9H,8H2,(H,16,17). The predicted octanol–water partition coefficient (Wildman–Crippen LogP) is 3.22. The fourth-order valence-corrected chi connectivity index (χ4v) is 1.64. The maximum absolute atomic E-state index is 8.69. The lowest BCUT2D eigenvalue weighted by Crippen LogP contribution is -2.01. The summed E-state index contributed by atoms with van der Waals surface area (Å²) in [4.78, 5) is 4.10. The molecule has 0 aliphatic heterocycles. The minimum atomic E-state index is 0.458. The number of benzene rings is 1. The Hall–Kier alpha value is -2.05. The summed E-state index contributed by atoms with van der Waals surface area (Å²) in [6, 6.07) is 13.6. The van der Waals surface area contributed by atoms with Crippen molar-refractivity contribution < 1.29 is 0 Å². The van der Waals surface area contributed by atoms with E-state index in [0.29, 0.717) is 22.9 Å². The molecule has 3 nitrogen and oxygen atoms in total. The molecule has 1 aromatic carbocycles. The van der Waals surface area contributed by atoms with E-state index < -0.39 is 0 Å². The third kappa shape index (κ3) is 2.96. The molecule has 84 valence electrons. The Morgan fingerprint density at radius 1 is 1.29 bits per heavy atom. The maximum Gasteiger partial charge on any atom is 0.145 e. The monoisotopic (exact) mass is 243 g/mol. The van der Waals surface area contributed by atoms with Gasteiger partial charge in [-0.2, -0.15) is 5.26 Å². The number of nitriles is 1. The molecule has 2 rings (SSSR count). The Balaban J connectivity index is 2.08. The number of hydrogen-bond donors (Lipinski definition) is 1. The van der Waals surface area contributed by atoms with Gasteiger partial charge in [-0.15, -0.1) is 0 Å². The van der Waals surface area contributed by atoms with E-state index in [2.05, 4.69) is 10.3 Å². The van der Waals surface area contributed by atoms with E-state index in [-0.39, 0.29) is 0 Å². The number of anilines is 1. The van der Waals surface area contributed by atoms with Crippen LogP contribution in [-0.2, 0) is 6.54 Å². The average molecular weight is 244 g/mol. The zero-order valence-corrected chi connectivity index (χ0v) is 9.78. The first kappa shape index (κ1) is 11.4. The van der Waals surface area contributed by atoms with Crippen molar-refractivity contribution in [3.05, 3.63) is 58.7 Å². The molecular formula is C13H10ClN3. The highest BCUT2D eigenvalue weighted by atomic mass is 35.5. The van der Waals surface area contributed by atoms with Gasteiger partial charge in [-0.1, -0.05) is 41.9 Å². The van der Waals surface area contributed by atoms with Crippen molar-refractivity contribution in [2.75, 3.05) is 5.32 Å². The van der Waals surface area contributed by atoms with Gasteiger partial charge < -0.3 is 5.32 Å². The molecule has 0 amide bonds. The number of pyridine rings is 1. The highest BCUT2D eigenvalue weighted by Gasteiger charge is 2.02. The Morgan fingerprint density at radius 3 is 2.71 bits per heavy atom. The zero-order chi connectivity index (χ0) is 12.1. The molecule has 0 unspecified atom stereocenters. The van der Waals surface area contributed by atoms with E-state index in [1.807, 2.05) is 36.4 Å². The Kier molecular flexibility index (Phi) is 3.59. The molecule has 17 heavy (non-hydrogen) atoms. The molecule has 0 atom stereocenters. The van der Waals surface area contributed by atoms with Gasteiger partial charge in [0, 0.05) is 12.7 Å². The first-order chi connectivity index (χ1) is 8.29. The average Bonchev–Trinajstić information content (AvgIpc) is 2.38. The largest absolute Gasteiger partial charge is 0.365 e. The summed E-state index contributed by atoms with van der Waals surface area (Å²) in [5.41, 5.74) is 1.61. The van der Waals surface area contributed by atoms with Crippen molar-refractivity contribution in [3.8, 4) is 6.07 Å². The minimum absolute atomic E-state index is 0.458. The number of halogens is 1. The SMILES string of the molecule is N#Cc1cnc(NCc2ccccc2)c(Cl)c1. The fraction of sp³-hybridized carbons (Fsp3) is 0.0769. The van der Waals surface area contributed by atoms with Crippen molar-refractivity contribution in [2.24, 2.45) is 0 Å². The van der Waals surface area contributed by atoms with Crippen LogP contribution in [0.25, 0.3) is 0 Å². The zero-order valence-electron chi connectivity index (χ0n) is 9.02. The van der Waals surface area contributed by atoms with Gasteiger partial charge >= 0.3 is 0 Å². The first-order valence-electron chi connectivity index (χ1n) is 5.13. The smallest absolute Gasteiger partial charge is 0.145 e. The third-order valence-electron chi connectivity index (χ3n) is 2.27. The molecule has 0 saturated carbocycles. The van der Waals surface area contributed by atoms with Crippen molar-refractivity contribution >= 4 is 17.4 Å². The second kappa shape index (κ2) is 5.33. The van der Waals surface area contributed by atoms with Gasteiger partial charge in [-0.25, -0.2) is 4.98 Å². The van der Waals surface area contributed by atoms with Crippen LogP contribution in [0.15, 0.2) is 42.6 Å². The Bertz CT molecular complexity index is 546. The van der Waals surface area contributed by atoms with Crippen LogP contribution in [0.3, 0.4) is 0 Å². The van der Waals surface area contributed by atoms with Crippen molar-refractivity contribution in [1.82, 2.24) is 4.98 Å². The number of nitrogens with zero attached hydrogens (tertiary/aromatic N) is 2. The summed E-state index contributed by atoms with van der Waals surface area (Å²) < 4.78 is 0. The minimum Gasteiger partial charge on any atom is -0.365 e. The van der Waals surface area contributed by atoms with Gasteiger partial charge in [0.15, 0.2) is 0 Å². The normalized spacial score (nSPS) is 9.65. The second-order valence-electron chi connectivity index (χ2n) is 3.51. The third-order valence-corrected chi connectivity index (χ3v) is 2.56. The molecule has 0 aliphatic rings. The predicted molar refractivity (Wildman–Crippen MR) is 67.7 cm³/mol. The maximum atomic E-state index is 8.69. The molecular weight excluding hydrogens is 234 g/mol. The van der Waals surface area contributed by atoms with Crippen LogP contribution in [0.5, 0.6) is 0 Å². The molecule has 0 spiro atoms. The van der Waals surface area contributed by atoms with E-state index in [0.717, 1.165) is 5.56 Å². The summed E-state index contributed by atoms with van der Waals surface area (Å²) in [5, 5.41) is 12.3. The van der Waals surface area contributed by atoms with Crippen LogP contribution in [0.4, 0.5) is 5.82 Å². The summed E-state index contributed by atoms with van der Waals surface area (Å²) in [6.45, 7) is 0.652. The van der Waals surface area contributed by atoms with E-state index in [4.69, 9.17) is 16.9 Å². The van der Waals surface area contributed by atoms with Crippen LogP contribution in [0.1, 0.15) is 11.1 Å². The van der Waals surface area contributed by atoms with Crippen molar-refractivity contribution in [1.29, 1.82) is 5.26 Å². The number of rotatable bonds is 3. The molecule has 2 aromatic rings. The molecule has 0 fully saturated rings. The van der Waals surface area contributed by atoms with Crippen LogP contribution >= 0.6 is 11.6 Å². The Morgan fingerprint density at radius 2 is 2.06 bits per heavy atom. The van der Waals surface area contributed by atoms with Crippen molar-refractivity contribution in [3.63, 3.8) is 0 Å². The van der Waals surface area contributed by atoms with Gasteiger partial charge in [-0.3, -0.25) is 0 Å². The highest BCUT2D eigenvalue weighted by Crippen LogP contribution is 2.20. The van der Waals surface area contributed by atoms with Gasteiger partial charge in [-0.05, 0) is 11.6 Å². The van der Waals surface area contributed by atoms with Gasteiger partial charge in [0.1, 0.15) is 11.9 Å². The summed E-state index contributed by atoms with van der Waals surface area (Å²) in [5.74, 6) is 0.592. The number of hydrogen-bond acceptors (Lipinski definition) is 3. The molecule has 0 aliphatic carbocycles. The van der Waals surface area contributed by atoms with E-state index >= 15 is 0 Å². The quantitative estimate of drug-likeness (QED) is 0.901. The number of aromatic nitrogens is 1. The van der Waals surface area contributed by atoms with Crippen LogP contribution in [0, 0.1) is 11.3 Å². The number of nitrogens with one attached hydrogen (secondary N) is 1.